The van der Waals surface area contributed by atoms with E-state index in [0.717, 1.165) is 16.8 Å². The Morgan fingerprint density at radius 3 is 2.39 bits per heavy atom. The van der Waals surface area contributed by atoms with Gasteiger partial charge in [0.15, 0.2) is 11.5 Å². The second-order valence-corrected chi connectivity index (χ2v) is 7.45. The molecule has 0 saturated carbocycles. The van der Waals surface area contributed by atoms with Crippen LogP contribution < -0.4 is 14.8 Å². The Hall–Kier alpha value is -4.20. The minimum absolute atomic E-state index is 0.0331. The molecule has 0 fully saturated rings. The summed E-state index contributed by atoms with van der Waals surface area (Å²) in [6.45, 7) is 0.341. The van der Waals surface area contributed by atoms with Crippen LogP contribution in [0.4, 0.5) is 5.69 Å². The van der Waals surface area contributed by atoms with Gasteiger partial charge in [-0.3, -0.25) is 14.6 Å². The molecule has 1 aliphatic rings. The van der Waals surface area contributed by atoms with Gasteiger partial charge in [-0.1, -0.05) is 12.1 Å². The Morgan fingerprint density at radius 1 is 0.970 bits per heavy atom. The van der Waals surface area contributed by atoms with Crippen LogP contribution in [0.5, 0.6) is 11.5 Å². The number of hydrazone groups is 1. The van der Waals surface area contributed by atoms with Crippen LogP contribution in [0.1, 0.15) is 34.3 Å². The quantitative estimate of drug-likeness (QED) is 0.597. The van der Waals surface area contributed by atoms with E-state index in [4.69, 9.17) is 9.47 Å². The highest BCUT2D eigenvalue weighted by Gasteiger charge is 2.22. The van der Waals surface area contributed by atoms with E-state index in [0.29, 0.717) is 42.1 Å². The number of amides is 2. The first-order valence-corrected chi connectivity index (χ1v) is 10.5. The zero-order chi connectivity index (χ0) is 23.2. The fraction of sp³-hybridized carbons (Fsp3) is 0.200. The highest BCUT2D eigenvalue weighted by atomic mass is 16.5. The van der Waals surface area contributed by atoms with Crippen molar-refractivity contribution in [1.82, 2.24) is 9.99 Å². The summed E-state index contributed by atoms with van der Waals surface area (Å²) in [5, 5.41) is 8.93. The summed E-state index contributed by atoms with van der Waals surface area (Å²) in [5.74, 6) is 1.02. The normalized spacial score (nSPS) is 13.3. The summed E-state index contributed by atoms with van der Waals surface area (Å²) in [6.07, 6.45) is 4.09. The van der Waals surface area contributed by atoms with E-state index in [-0.39, 0.29) is 11.8 Å². The van der Waals surface area contributed by atoms with E-state index in [1.807, 2.05) is 42.5 Å². The van der Waals surface area contributed by atoms with Gasteiger partial charge in [-0.15, -0.1) is 0 Å². The number of carbonyl (C=O) groups is 2. The van der Waals surface area contributed by atoms with Crippen LogP contribution >= 0.6 is 0 Å². The molecule has 2 aromatic carbocycles. The van der Waals surface area contributed by atoms with Crippen LogP contribution in [-0.4, -0.2) is 41.7 Å². The van der Waals surface area contributed by atoms with Gasteiger partial charge < -0.3 is 14.8 Å². The lowest BCUT2D eigenvalue weighted by Gasteiger charge is -2.24. The molecule has 0 unspecified atom stereocenters. The van der Waals surface area contributed by atoms with Crippen molar-refractivity contribution >= 4 is 23.2 Å². The first-order chi connectivity index (χ1) is 16.1. The first-order valence-electron chi connectivity index (χ1n) is 10.5. The lowest BCUT2D eigenvalue weighted by molar-refractivity contribution is -0.132. The monoisotopic (exact) mass is 444 g/mol. The van der Waals surface area contributed by atoms with E-state index in [2.05, 4.69) is 15.4 Å². The van der Waals surface area contributed by atoms with Crippen molar-refractivity contribution in [3.8, 4) is 11.5 Å². The Labute approximate surface area is 191 Å². The molecule has 3 aromatic rings. The SMILES string of the molecule is COc1ccc(C2=NN(Cc3ccc(NC(=O)c4ccncc4)cc3)C(=O)CC2)cc1OC. The standard InChI is InChI=1S/C25H24N4O4/c1-32-22-9-5-19(15-23(22)33-2)21-8-10-24(30)29(28-21)16-17-3-6-20(7-4-17)27-25(31)18-11-13-26-14-12-18/h3-7,9,11-15H,8,10,16H2,1-2H3,(H,27,31). The van der Waals surface area contributed by atoms with Crippen LogP contribution in [0.25, 0.3) is 0 Å². The predicted octanol–water partition coefficient (Wildman–Crippen LogP) is 3.88. The summed E-state index contributed by atoms with van der Waals surface area (Å²) in [5.41, 5.74) is 3.81. The number of ether oxygens (including phenoxy) is 2. The maximum Gasteiger partial charge on any atom is 0.255 e. The van der Waals surface area contributed by atoms with E-state index < -0.39 is 0 Å². The van der Waals surface area contributed by atoms with Crippen molar-refractivity contribution in [2.45, 2.75) is 19.4 Å². The molecule has 0 saturated heterocycles. The number of methoxy groups -OCH3 is 2. The van der Waals surface area contributed by atoms with E-state index in [1.165, 1.54) is 5.01 Å². The third-order valence-corrected chi connectivity index (χ3v) is 5.31. The van der Waals surface area contributed by atoms with E-state index >= 15 is 0 Å². The molecule has 8 heteroatoms. The summed E-state index contributed by atoms with van der Waals surface area (Å²) >= 11 is 0. The summed E-state index contributed by atoms with van der Waals surface area (Å²) in [7, 11) is 3.18. The number of hydrogen-bond acceptors (Lipinski definition) is 6. The lowest BCUT2D eigenvalue weighted by atomic mass is 10.0. The Balaban J connectivity index is 1.46. The molecule has 8 nitrogen and oxygen atoms in total. The van der Waals surface area contributed by atoms with Gasteiger partial charge in [-0.2, -0.15) is 5.10 Å². The Kier molecular flexibility index (Phi) is 6.64. The van der Waals surface area contributed by atoms with Crippen molar-refractivity contribution < 1.29 is 19.1 Å². The molecular weight excluding hydrogens is 420 g/mol. The minimum atomic E-state index is -0.208. The number of hydrogen-bond donors (Lipinski definition) is 1. The average molecular weight is 444 g/mol. The number of pyridine rings is 1. The number of aromatic nitrogens is 1. The predicted molar refractivity (Wildman–Crippen MR) is 124 cm³/mol. The molecule has 1 aliphatic heterocycles. The van der Waals surface area contributed by atoms with Gasteiger partial charge in [0.05, 0.1) is 26.5 Å². The third kappa shape index (κ3) is 5.17. The smallest absolute Gasteiger partial charge is 0.255 e. The van der Waals surface area contributed by atoms with Crippen LogP contribution in [0, 0.1) is 0 Å². The molecular formula is C25H24N4O4. The fourth-order valence-corrected chi connectivity index (χ4v) is 3.52. The van der Waals surface area contributed by atoms with Crippen molar-refractivity contribution in [3.05, 3.63) is 83.7 Å². The molecule has 33 heavy (non-hydrogen) atoms. The number of anilines is 1. The van der Waals surface area contributed by atoms with Gasteiger partial charge in [0, 0.05) is 42.0 Å². The highest BCUT2D eigenvalue weighted by molar-refractivity contribution is 6.05. The molecule has 1 aromatic heterocycles. The Bertz CT molecular complexity index is 1180. The second kappa shape index (κ2) is 9.95. The summed E-state index contributed by atoms with van der Waals surface area (Å²) in [4.78, 5) is 28.7. The van der Waals surface area contributed by atoms with Crippen LogP contribution in [-0.2, 0) is 11.3 Å². The van der Waals surface area contributed by atoms with Gasteiger partial charge in [-0.05, 0) is 48.0 Å². The number of rotatable bonds is 7. The van der Waals surface area contributed by atoms with Crippen LogP contribution in [0.15, 0.2) is 72.1 Å². The molecule has 1 N–H and O–H groups in total. The second-order valence-electron chi connectivity index (χ2n) is 7.45. The molecule has 0 radical (unpaired) electrons. The maximum atomic E-state index is 12.5. The fourth-order valence-electron chi connectivity index (χ4n) is 3.52. The van der Waals surface area contributed by atoms with Crippen molar-refractivity contribution in [2.75, 3.05) is 19.5 Å². The minimum Gasteiger partial charge on any atom is -0.493 e. The van der Waals surface area contributed by atoms with E-state index in [1.54, 1.807) is 38.7 Å². The van der Waals surface area contributed by atoms with Crippen LogP contribution in [0.3, 0.4) is 0 Å². The molecule has 2 amide bonds. The summed E-state index contributed by atoms with van der Waals surface area (Å²) in [6, 6.07) is 16.3. The molecule has 0 aliphatic carbocycles. The lowest BCUT2D eigenvalue weighted by Crippen LogP contribution is -2.31. The molecule has 2 heterocycles. The first kappa shape index (κ1) is 22.0. The Morgan fingerprint density at radius 2 is 1.70 bits per heavy atom. The number of carbonyl (C=O) groups excluding carboxylic acids is 2. The number of benzene rings is 2. The van der Waals surface area contributed by atoms with Crippen LogP contribution in [0.2, 0.25) is 0 Å². The van der Waals surface area contributed by atoms with Gasteiger partial charge in [0.2, 0.25) is 5.91 Å². The maximum absolute atomic E-state index is 12.5. The topological polar surface area (TPSA) is 93.1 Å². The molecule has 0 atom stereocenters. The van der Waals surface area contributed by atoms with Gasteiger partial charge >= 0.3 is 0 Å². The number of nitrogens with zero attached hydrogens (tertiary/aromatic N) is 3. The number of nitrogens with one attached hydrogen (secondary N) is 1. The average Bonchev–Trinajstić information content (AvgIpc) is 2.86. The summed E-state index contributed by atoms with van der Waals surface area (Å²) < 4.78 is 10.7. The molecule has 168 valence electrons. The zero-order valence-corrected chi connectivity index (χ0v) is 18.4. The molecule has 0 spiro atoms. The third-order valence-electron chi connectivity index (χ3n) is 5.31. The van der Waals surface area contributed by atoms with Gasteiger partial charge in [-0.25, -0.2) is 5.01 Å². The molecule has 0 bridgehead atoms. The largest absolute Gasteiger partial charge is 0.493 e. The van der Waals surface area contributed by atoms with Gasteiger partial charge in [0.1, 0.15) is 0 Å². The van der Waals surface area contributed by atoms with Crippen molar-refractivity contribution in [2.24, 2.45) is 5.10 Å². The van der Waals surface area contributed by atoms with Crippen molar-refractivity contribution in [1.29, 1.82) is 0 Å². The molecule has 4 rings (SSSR count). The van der Waals surface area contributed by atoms with Crippen molar-refractivity contribution in [3.63, 3.8) is 0 Å². The highest BCUT2D eigenvalue weighted by Crippen LogP contribution is 2.29. The van der Waals surface area contributed by atoms with Gasteiger partial charge in [0.25, 0.3) is 5.91 Å². The zero-order valence-electron chi connectivity index (χ0n) is 18.4. The van der Waals surface area contributed by atoms with E-state index in [9.17, 15) is 9.59 Å².